The summed E-state index contributed by atoms with van der Waals surface area (Å²) in [7, 11) is 4.39. The summed E-state index contributed by atoms with van der Waals surface area (Å²) in [6.07, 6.45) is -1.37. The van der Waals surface area contributed by atoms with Gasteiger partial charge in [-0.3, -0.25) is 0 Å². The van der Waals surface area contributed by atoms with Crippen molar-refractivity contribution in [2.75, 3.05) is 27.1 Å². The molecule has 25 heavy (non-hydrogen) atoms. The van der Waals surface area contributed by atoms with E-state index in [2.05, 4.69) is 9.97 Å². The summed E-state index contributed by atoms with van der Waals surface area (Å²) in [4.78, 5) is 8.12. The van der Waals surface area contributed by atoms with Crippen molar-refractivity contribution in [1.82, 2.24) is 9.97 Å². The second kappa shape index (κ2) is 6.67. The molecule has 0 aliphatic heterocycles. The molecule has 0 saturated heterocycles. The van der Waals surface area contributed by atoms with Gasteiger partial charge in [0.25, 0.3) is 6.43 Å². The number of nitrogen functional groups attached to an aromatic ring is 1. The third-order valence-corrected chi connectivity index (χ3v) is 4.58. The van der Waals surface area contributed by atoms with Gasteiger partial charge in [-0.25, -0.2) is 18.7 Å². The Bertz CT molecular complexity index is 905. The number of fused-ring (bicyclic) bond motifs is 1. The van der Waals surface area contributed by atoms with Crippen molar-refractivity contribution in [3.63, 3.8) is 0 Å². The number of nitrogens with zero attached hydrogens (tertiary/aromatic N) is 2. The lowest BCUT2D eigenvalue weighted by Crippen LogP contribution is -1.98. The van der Waals surface area contributed by atoms with Gasteiger partial charge in [0.1, 0.15) is 0 Å². The molecular weight excluding hydrogens is 352 g/mol. The summed E-state index contributed by atoms with van der Waals surface area (Å²) < 4.78 is 43.7. The van der Waals surface area contributed by atoms with Crippen LogP contribution in [-0.2, 0) is 0 Å². The molecular formula is C16H15F2N3O3S. The van der Waals surface area contributed by atoms with E-state index >= 15 is 0 Å². The number of benzene rings is 1. The monoisotopic (exact) mass is 367 g/mol. The molecule has 1 aromatic carbocycles. The van der Waals surface area contributed by atoms with Gasteiger partial charge in [-0.1, -0.05) is 11.3 Å². The highest BCUT2D eigenvalue weighted by Crippen LogP contribution is 2.44. The fourth-order valence-corrected chi connectivity index (χ4v) is 3.43. The lowest BCUT2D eigenvalue weighted by Gasteiger charge is -2.15. The second-order valence-corrected chi connectivity index (χ2v) is 6.04. The van der Waals surface area contributed by atoms with E-state index in [1.807, 2.05) is 0 Å². The van der Waals surface area contributed by atoms with Crippen LogP contribution in [0.2, 0.25) is 0 Å². The average molecular weight is 367 g/mol. The number of rotatable bonds is 5. The van der Waals surface area contributed by atoms with Crippen LogP contribution in [0.4, 0.5) is 13.9 Å². The minimum absolute atomic E-state index is 0.173. The van der Waals surface area contributed by atoms with Crippen LogP contribution < -0.4 is 19.9 Å². The van der Waals surface area contributed by atoms with Crippen LogP contribution in [0.3, 0.4) is 0 Å². The molecule has 9 heteroatoms. The van der Waals surface area contributed by atoms with Crippen molar-refractivity contribution in [3.8, 4) is 28.4 Å². The topological polar surface area (TPSA) is 79.5 Å². The van der Waals surface area contributed by atoms with Gasteiger partial charge in [-0.05, 0) is 17.7 Å². The number of methoxy groups -OCH3 is 3. The SMILES string of the molecule is COc1cc(-c2cnc3nc(N)sc3c2C(F)F)cc(OC)c1OC. The molecule has 0 bridgehead atoms. The van der Waals surface area contributed by atoms with Crippen molar-refractivity contribution in [3.05, 3.63) is 23.9 Å². The first-order valence-corrected chi connectivity index (χ1v) is 7.95. The smallest absolute Gasteiger partial charge is 0.266 e. The number of thiazole rings is 1. The van der Waals surface area contributed by atoms with Gasteiger partial charge in [-0.15, -0.1) is 0 Å². The maximum absolute atomic E-state index is 13.8. The number of halogens is 2. The lowest BCUT2D eigenvalue weighted by molar-refractivity contribution is 0.154. The minimum Gasteiger partial charge on any atom is -0.493 e. The molecule has 0 radical (unpaired) electrons. The maximum atomic E-state index is 13.8. The zero-order chi connectivity index (χ0) is 18.1. The highest BCUT2D eigenvalue weighted by atomic mass is 32.1. The van der Waals surface area contributed by atoms with Crippen molar-refractivity contribution >= 4 is 26.8 Å². The number of pyridine rings is 1. The molecule has 0 spiro atoms. The number of alkyl halides is 2. The Kier molecular flexibility index (Phi) is 4.58. The van der Waals surface area contributed by atoms with E-state index in [9.17, 15) is 8.78 Å². The summed E-state index contributed by atoms with van der Waals surface area (Å²) >= 11 is 0.980. The van der Waals surface area contributed by atoms with E-state index in [1.54, 1.807) is 12.1 Å². The van der Waals surface area contributed by atoms with Gasteiger partial charge in [0.15, 0.2) is 22.3 Å². The third kappa shape index (κ3) is 2.91. The number of hydrogen-bond acceptors (Lipinski definition) is 7. The van der Waals surface area contributed by atoms with E-state index < -0.39 is 6.43 Å². The van der Waals surface area contributed by atoms with Gasteiger partial charge < -0.3 is 19.9 Å². The van der Waals surface area contributed by atoms with Crippen molar-refractivity contribution in [2.45, 2.75) is 6.43 Å². The van der Waals surface area contributed by atoms with Gasteiger partial charge >= 0.3 is 0 Å². The largest absolute Gasteiger partial charge is 0.493 e. The third-order valence-electron chi connectivity index (χ3n) is 3.67. The molecule has 0 aliphatic rings. The molecule has 6 nitrogen and oxygen atoms in total. The van der Waals surface area contributed by atoms with Gasteiger partial charge in [0, 0.05) is 17.3 Å². The van der Waals surface area contributed by atoms with Gasteiger partial charge in [-0.2, -0.15) is 0 Å². The molecule has 0 fully saturated rings. The highest BCUT2D eigenvalue weighted by molar-refractivity contribution is 7.22. The normalized spacial score (nSPS) is 11.1. The van der Waals surface area contributed by atoms with E-state index in [4.69, 9.17) is 19.9 Å². The van der Waals surface area contributed by atoms with Crippen LogP contribution in [0, 0.1) is 0 Å². The highest BCUT2D eigenvalue weighted by Gasteiger charge is 2.23. The second-order valence-electron chi connectivity index (χ2n) is 5.01. The molecule has 0 saturated carbocycles. The molecule has 3 rings (SSSR count). The van der Waals surface area contributed by atoms with Gasteiger partial charge in [0.05, 0.1) is 26.0 Å². The Morgan fingerprint density at radius 3 is 2.24 bits per heavy atom. The predicted octanol–water partition coefficient (Wildman–Crippen LogP) is 3.90. The van der Waals surface area contributed by atoms with Gasteiger partial charge in [0.2, 0.25) is 5.75 Å². The molecule has 2 heterocycles. The van der Waals surface area contributed by atoms with Crippen molar-refractivity contribution in [1.29, 1.82) is 0 Å². The summed E-state index contributed by atoms with van der Waals surface area (Å²) in [5.74, 6) is 1.10. The number of hydrogen-bond donors (Lipinski definition) is 1. The van der Waals surface area contributed by atoms with Crippen LogP contribution >= 0.6 is 11.3 Å². The Morgan fingerprint density at radius 1 is 1.08 bits per heavy atom. The summed E-state index contributed by atoms with van der Waals surface area (Å²) in [5, 5.41) is 0.187. The van der Waals surface area contributed by atoms with Crippen LogP contribution in [0.1, 0.15) is 12.0 Å². The predicted molar refractivity (Wildman–Crippen MR) is 91.9 cm³/mol. The van der Waals surface area contributed by atoms with Crippen LogP contribution in [0.25, 0.3) is 21.5 Å². The van der Waals surface area contributed by atoms with Crippen LogP contribution in [0.15, 0.2) is 18.3 Å². The van der Waals surface area contributed by atoms with Crippen LogP contribution in [0.5, 0.6) is 17.2 Å². The van der Waals surface area contributed by atoms with Crippen molar-refractivity contribution in [2.24, 2.45) is 0 Å². The first-order chi connectivity index (χ1) is 12.0. The zero-order valence-electron chi connectivity index (χ0n) is 13.7. The van der Waals surface area contributed by atoms with Crippen molar-refractivity contribution < 1.29 is 23.0 Å². The molecule has 132 valence electrons. The molecule has 2 N–H and O–H groups in total. The standard InChI is InChI=1S/C16H15F2N3O3S/c1-22-9-4-7(5-10(23-2)12(9)24-3)8-6-20-15-13(11(8)14(17)18)25-16(19)21-15/h4-6,14H,1-3H3,(H2,19,20,21). The minimum atomic E-state index is -2.72. The van der Waals surface area contributed by atoms with E-state index in [-0.39, 0.29) is 26.6 Å². The number of aromatic nitrogens is 2. The zero-order valence-corrected chi connectivity index (χ0v) is 14.5. The summed E-state index contributed by atoms with van der Waals surface area (Å²) in [6.45, 7) is 0. The molecule has 0 amide bonds. The first kappa shape index (κ1) is 17.2. The maximum Gasteiger partial charge on any atom is 0.266 e. The molecule has 3 aromatic rings. The Balaban J connectivity index is 2.30. The Labute approximate surface area is 146 Å². The van der Waals surface area contributed by atoms with E-state index in [0.717, 1.165) is 11.3 Å². The fourth-order valence-electron chi connectivity index (χ4n) is 2.59. The summed E-state index contributed by atoms with van der Waals surface area (Å²) in [6, 6.07) is 3.20. The first-order valence-electron chi connectivity index (χ1n) is 7.13. The quantitative estimate of drug-likeness (QED) is 0.737. The molecule has 0 unspecified atom stereocenters. The van der Waals surface area contributed by atoms with E-state index in [0.29, 0.717) is 22.8 Å². The van der Waals surface area contributed by atoms with Crippen LogP contribution in [-0.4, -0.2) is 31.3 Å². The Hall–Kier alpha value is -2.68. The molecule has 0 atom stereocenters. The number of nitrogens with two attached hydrogens (primary N) is 1. The lowest BCUT2D eigenvalue weighted by atomic mass is 10.0. The Morgan fingerprint density at radius 2 is 1.72 bits per heavy atom. The number of ether oxygens (including phenoxy) is 3. The molecule has 2 aromatic heterocycles. The van der Waals surface area contributed by atoms with E-state index in [1.165, 1.54) is 27.5 Å². The molecule has 0 aliphatic carbocycles. The average Bonchev–Trinajstić information content (AvgIpc) is 2.99. The fraction of sp³-hybridized carbons (Fsp3) is 0.250. The summed E-state index contributed by atoms with van der Waals surface area (Å²) in [5.41, 5.74) is 6.39. The number of anilines is 1.